The molecule has 0 fully saturated rings. The van der Waals surface area contributed by atoms with Crippen LogP contribution in [0.5, 0.6) is 17.2 Å². The fourth-order valence-corrected chi connectivity index (χ4v) is 2.78. The fraction of sp³-hybridized carbons (Fsp3) is 0.316. The molecule has 0 aliphatic carbocycles. The average Bonchev–Trinajstić information content (AvgIpc) is 3.07. The number of benzene rings is 2. The van der Waals surface area contributed by atoms with Crippen molar-refractivity contribution in [3.05, 3.63) is 53.6 Å². The van der Waals surface area contributed by atoms with E-state index in [0.29, 0.717) is 13.1 Å². The van der Waals surface area contributed by atoms with Crippen LogP contribution in [0.4, 0.5) is 0 Å². The maximum Gasteiger partial charge on any atom is 0.275 e. The fourth-order valence-electron chi connectivity index (χ4n) is 2.78. The van der Waals surface area contributed by atoms with E-state index in [4.69, 9.17) is 14.2 Å². The molecular formula is C19H23N2O4+. The van der Waals surface area contributed by atoms with Crippen LogP contribution < -0.4 is 24.4 Å². The molecule has 25 heavy (non-hydrogen) atoms. The predicted octanol–water partition coefficient (Wildman–Crippen LogP) is 0.755. The van der Waals surface area contributed by atoms with Gasteiger partial charge in [-0.3, -0.25) is 4.79 Å². The lowest BCUT2D eigenvalue weighted by Gasteiger charge is -2.14. The van der Waals surface area contributed by atoms with Crippen LogP contribution in [0.25, 0.3) is 0 Å². The molecule has 2 aromatic carbocycles. The molecule has 0 spiro atoms. The third-order valence-electron chi connectivity index (χ3n) is 4.03. The topological polar surface area (TPSA) is 61.2 Å². The van der Waals surface area contributed by atoms with E-state index in [1.54, 1.807) is 7.11 Å². The van der Waals surface area contributed by atoms with Gasteiger partial charge in [-0.1, -0.05) is 18.2 Å². The monoisotopic (exact) mass is 343 g/mol. The van der Waals surface area contributed by atoms with Crippen molar-refractivity contribution in [2.75, 3.05) is 27.5 Å². The smallest absolute Gasteiger partial charge is 0.275 e. The first-order valence-electron chi connectivity index (χ1n) is 8.23. The predicted molar refractivity (Wildman–Crippen MR) is 92.9 cm³/mol. The molecule has 3 rings (SSSR count). The van der Waals surface area contributed by atoms with Crippen molar-refractivity contribution in [2.24, 2.45) is 0 Å². The second kappa shape index (κ2) is 7.90. The molecule has 6 nitrogen and oxygen atoms in total. The number of nitrogens with one attached hydrogen (secondary N) is 2. The summed E-state index contributed by atoms with van der Waals surface area (Å²) in [5.41, 5.74) is 2.13. The number of fused-ring (bicyclic) bond motifs is 1. The lowest BCUT2D eigenvalue weighted by atomic mass is 10.2. The van der Waals surface area contributed by atoms with Crippen LogP contribution in [0, 0.1) is 0 Å². The molecule has 6 heteroatoms. The number of carbonyl (C=O) groups is 1. The quantitative estimate of drug-likeness (QED) is 0.779. The molecule has 1 amide bonds. The highest BCUT2D eigenvalue weighted by molar-refractivity contribution is 5.76. The first-order valence-corrected chi connectivity index (χ1v) is 8.23. The van der Waals surface area contributed by atoms with E-state index in [0.717, 1.165) is 39.8 Å². The molecule has 0 aromatic heterocycles. The van der Waals surface area contributed by atoms with Crippen LogP contribution in [-0.4, -0.2) is 33.4 Å². The zero-order valence-electron chi connectivity index (χ0n) is 14.5. The number of rotatable bonds is 7. The van der Waals surface area contributed by atoms with Gasteiger partial charge in [0.2, 0.25) is 6.79 Å². The summed E-state index contributed by atoms with van der Waals surface area (Å²) in [5.74, 6) is 2.32. The molecule has 0 bridgehead atoms. The molecule has 1 aliphatic heterocycles. The molecule has 2 N–H and O–H groups in total. The minimum Gasteiger partial charge on any atom is -0.497 e. The standard InChI is InChI=1S/C19H22N2O4/c1-21(11-15-4-3-5-16(8-15)23-2)12-19(22)20-10-14-6-7-17-18(9-14)25-13-24-17/h3-9H,10-13H2,1-2H3,(H,20,22)/p+1. The third-order valence-corrected chi connectivity index (χ3v) is 4.03. The number of carbonyl (C=O) groups excluding carboxylic acids is 1. The van der Waals surface area contributed by atoms with Gasteiger partial charge in [0.15, 0.2) is 18.0 Å². The Kier molecular flexibility index (Phi) is 5.40. The molecule has 1 unspecified atom stereocenters. The highest BCUT2D eigenvalue weighted by atomic mass is 16.7. The number of hydrogen-bond donors (Lipinski definition) is 2. The van der Waals surface area contributed by atoms with E-state index in [9.17, 15) is 4.79 Å². The third kappa shape index (κ3) is 4.64. The summed E-state index contributed by atoms with van der Waals surface area (Å²) in [4.78, 5) is 13.3. The molecule has 1 heterocycles. The van der Waals surface area contributed by atoms with Gasteiger partial charge in [-0.25, -0.2) is 0 Å². The summed E-state index contributed by atoms with van der Waals surface area (Å²) < 4.78 is 15.9. The Bertz CT molecular complexity index is 748. The molecular weight excluding hydrogens is 320 g/mol. The van der Waals surface area contributed by atoms with Crippen molar-refractivity contribution in [1.29, 1.82) is 0 Å². The van der Waals surface area contributed by atoms with Crippen LogP contribution in [0.2, 0.25) is 0 Å². The normalized spacial score (nSPS) is 13.4. The van der Waals surface area contributed by atoms with Gasteiger partial charge in [0.25, 0.3) is 5.91 Å². The summed E-state index contributed by atoms with van der Waals surface area (Å²) in [6.07, 6.45) is 0. The molecule has 0 radical (unpaired) electrons. The van der Waals surface area contributed by atoms with Crippen molar-refractivity contribution in [1.82, 2.24) is 5.32 Å². The Hall–Kier alpha value is -2.73. The van der Waals surface area contributed by atoms with Crippen molar-refractivity contribution in [3.8, 4) is 17.2 Å². The van der Waals surface area contributed by atoms with Crippen molar-refractivity contribution < 1.29 is 23.9 Å². The number of amides is 1. The Morgan fingerprint density at radius 1 is 1.16 bits per heavy atom. The van der Waals surface area contributed by atoms with Gasteiger partial charge in [-0.2, -0.15) is 0 Å². The number of likely N-dealkylation sites (N-methyl/N-ethyl adjacent to an activating group) is 1. The Morgan fingerprint density at radius 3 is 2.84 bits per heavy atom. The van der Waals surface area contributed by atoms with Crippen molar-refractivity contribution in [2.45, 2.75) is 13.1 Å². The summed E-state index contributed by atoms with van der Waals surface area (Å²) in [6, 6.07) is 13.6. The van der Waals surface area contributed by atoms with E-state index in [2.05, 4.69) is 5.32 Å². The van der Waals surface area contributed by atoms with Crippen LogP contribution in [0.1, 0.15) is 11.1 Å². The van der Waals surface area contributed by atoms with E-state index < -0.39 is 0 Å². The van der Waals surface area contributed by atoms with Crippen molar-refractivity contribution in [3.63, 3.8) is 0 Å². The lowest BCUT2D eigenvalue weighted by molar-refractivity contribution is -0.885. The largest absolute Gasteiger partial charge is 0.497 e. The Labute approximate surface area is 147 Å². The molecule has 132 valence electrons. The zero-order chi connectivity index (χ0) is 17.6. The molecule has 0 saturated heterocycles. The number of ether oxygens (including phenoxy) is 3. The van der Waals surface area contributed by atoms with Gasteiger partial charge in [0.1, 0.15) is 12.3 Å². The average molecular weight is 343 g/mol. The van der Waals surface area contributed by atoms with Crippen LogP contribution in [-0.2, 0) is 17.9 Å². The van der Waals surface area contributed by atoms with Crippen molar-refractivity contribution >= 4 is 5.91 Å². The first kappa shape index (κ1) is 17.1. The minimum atomic E-state index is 0.0121. The summed E-state index contributed by atoms with van der Waals surface area (Å²) >= 11 is 0. The van der Waals surface area contributed by atoms with Gasteiger partial charge in [-0.05, 0) is 29.8 Å². The highest BCUT2D eigenvalue weighted by Gasteiger charge is 2.14. The van der Waals surface area contributed by atoms with Crippen LogP contribution in [0.3, 0.4) is 0 Å². The minimum absolute atomic E-state index is 0.0121. The number of methoxy groups -OCH3 is 1. The Balaban J connectivity index is 1.47. The maximum absolute atomic E-state index is 12.2. The van der Waals surface area contributed by atoms with Gasteiger partial charge in [0, 0.05) is 12.1 Å². The van der Waals surface area contributed by atoms with Gasteiger partial charge in [-0.15, -0.1) is 0 Å². The highest BCUT2D eigenvalue weighted by Crippen LogP contribution is 2.32. The maximum atomic E-state index is 12.2. The summed E-state index contributed by atoms with van der Waals surface area (Å²) in [5, 5.41) is 2.95. The van der Waals surface area contributed by atoms with Crippen LogP contribution in [0.15, 0.2) is 42.5 Å². The number of hydrogen-bond acceptors (Lipinski definition) is 4. The van der Waals surface area contributed by atoms with Crippen LogP contribution >= 0.6 is 0 Å². The van der Waals surface area contributed by atoms with Gasteiger partial charge < -0.3 is 24.4 Å². The Morgan fingerprint density at radius 2 is 2.00 bits per heavy atom. The zero-order valence-corrected chi connectivity index (χ0v) is 14.5. The van der Waals surface area contributed by atoms with Gasteiger partial charge in [0.05, 0.1) is 14.2 Å². The van der Waals surface area contributed by atoms with E-state index >= 15 is 0 Å². The first-order chi connectivity index (χ1) is 12.1. The molecule has 1 aliphatic rings. The molecule has 0 saturated carbocycles. The van der Waals surface area contributed by atoms with E-state index in [1.165, 1.54) is 0 Å². The van der Waals surface area contributed by atoms with Gasteiger partial charge >= 0.3 is 0 Å². The lowest BCUT2D eigenvalue weighted by Crippen LogP contribution is -3.08. The second-order valence-electron chi connectivity index (χ2n) is 6.13. The summed E-state index contributed by atoms with van der Waals surface area (Å²) in [6.45, 7) is 1.89. The molecule has 2 aromatic rings. The molecule has 1 atom stereocenters. The SMILES string of the molecule is COc1cccc(C[NH+](C)CC(=O)NCc2ccc3c(c2)OCO3)c1. The second-order valence-corrected chi connectivity index (χ2v) is 6.13. The van der Waals surface area contributed by atoms with E-state index in [-0.39, 0.29) is 12.7 Å². The number of quaternary nitrogens is 1. The van der Waals surface area contributed by atoms with E-state index in [1.807, 2.05) is 49.5 Å². The summed E-state index contributed by atoms with van der Waals surface area (Å²) in [7, 11) is 3.65.